The fourth-order valence-electron chi connectivity index (χ4n) is 3.84. The molecule has 3 atom stereocenters. The van der Waals surface area contributed by atoms with Crippen molar-refractivity contribution >= 4 is 5.71 Å². The number of benzene rings is 2. The maximum Gasteiger partial charge on any atom is 0.198 e. The summed E-state index contributed by atoms with van der Waals surface area (Å²) in [6.45, 7) is 9.95. The van der Waals surface area contributed by atoms with Gasteiger partial charge in [0.25, 0.3) is 0 Å². The molecule has 1 aromatic heterocycles. The summed E-state index contributed by atoms with van der Waals surface area (Å²) in [7, 11) is 0. The molecule has 3 unspecified atom stereocenters. The number of aromatic hydroxyl groups is 1. The molecular formula is C28H34N2O4. The number of aromatic nitrogens is 1. The molecule has 0 spiro atoms. The lowest BCUT2D eigenvalue weighted by molar-refractivity contribution is 0.193. The summed E-state index contributed by atoms with van der Waals surface area (Å²) in [5.74, 6) is 2.57. The second kappa shape index (κ2) is 10.3. The Hall–Kier alpha value is -3.25. The molecule has 34 heavy (non-hydrogen) atoms. The van der Waals surface area contributed by atoms with Crippen LogP contribution in [0.15, 0.2) is 53.5 Å². The summed E-state index contributed by atoms with van der Waals surface area (Å²) in [5.41, 5.74) is 3.98. The summed E-state index contributed by atoms with van der Waals surface area (Å²) in [6.07, 6.45) is 1.08. The van der Waals surface area contributed by atoms with E-state index in [-0.39, 0.29) is 5.88 Å². The third-order valence-electron chi connectivity index (χ3n) is 6.50. The van der Waals surface area contributed by atoms with Crippen molar-refractivity contribution in [3.63, 3.8) is 0 Å². The quantitative estimate of drug-likeness (QED) is 0.341. The highest BCUT2D eigenvalue weighted by molar-refractivity contribution is 6.17. The van der Waals surface area contributed by atoms with Crippen LogP contribution in [0.1, 0.15) is 63.5 Å². The topological polar surface area (TPSA) is 87.1 Å². The molecule has 0 bridgehead atoms. The van der Waals surface area contributed by atoms with Gasteiger partial charge in [-0.3, -0.25) is 0 Å². The number of nitrogens with zero attached hydrogens (tertiary/aromatic N) is 1. The van der Waals surface area contributed by atoms with Crippen LogP contribution in [0.2, 0.25) is 0 Å². The molecule has 180 valence electrons. The number of rotatable bonds is 10. The van der Waals surface area contributed by atoms with E-state index in [0.717, 1.165) is 35.5 Å². The molecule has 0 saturated carbocycles. The van der Waals surface area contributed by atoms with Gasteiger partial charge >= 0.3 is 0 Å². The highest BCUT2D eigenvalue weighted by Crippen LogP contribution is 2.42. The fourth-order valence-corrected chi connectivity index (χ4v) is 3.84. The Morgan fingerprint density at radius 3 is 1.85 bits per heavy atom. The second-order valence-electron chi connectivity index (χ2n) is 9.19. The first-order chi connectivity index (χ1) is 16.4. The molecular weight excluding hydrogens is 428 g/mol. The number of fused-ring (bicyclic) bond motifs is 1. The number of aromatic amines is 1. The van der Waals surface area contributed by atoms with Crippen LogP contribution in [0.25, 0.3) is 11.3 Å². The van der Waals surface area contributed by atoms with E-state index in [1.54, 1.807) is 0 Å². The van der Waals surface area contributed by atoms with Crippen molar-refractivity contribution in [2.24, 2.45) is 16.8 Å². The third-order valence-corrected chi connectivity index (χ3v) is 6.50. The van der Waals surface area contributed by atoms with Crippen molar-refractivity contribution < 1.29 is 19.7 Å². The monoisotopic (exact) mass is 462 g/mol. The number of aliphatic hydroxyl groups excluding tert-OH is 1. The minimum Gasteiger partial charge on any atom is -0.494 e. The molecule has 1 aliphatic heterocycles. The van der Waals surface area contributed by atoms with Gasteiger partial charge in [0.05, 0.1) is 30.2 Å². The smallest absolute Gasteiger partial charge is 0.198 e. The third kappa shape index (κ3) is 4.97. The molecule has 3 aromatic rings. The minimum absolute atomic E-state index is 0.00510. The first kappa shape index (κ1) is 23.9. The van der Waals surface area contributed by atoms with Gasteiger partial charge in [-0.05, 0) is 65.9 Å². The van der Waals surface area contributed by atoms with Gasteiger partial charge < -0.3 is 24.7 Å². The molecule has 0 saturated heterocycles. The Balaban J connectivity index is 1.54. The highest BCUT2D eigenvalue weighted by Gasteiger charge is 2.33. The van der Waals surface area contributed by atoms with E-state index in [1.165, 1.54) is 0 Å². The average molecular weight is 463 g/mol. The zero-order valence-corrected chi connectivity index (χ0v) is 20.3. The van der Waals surface area contributed by atoms with Crippen molar-refractivity contribution in [3.05, 3.63) is 65.2 Å². The van der Waals surface area contributed by atoms with Crippen LogP contribution in [0.5, 0.6) is 17.4 Å². The molecule has 1 aliphatic rings. The summed E-state index contributed by atoms with van der Waals surface area (Å²) < 4.78 is 11.7. The Morgan fingerprint density at radius 2 is 1.35 bits per heavy atom. The molecule has 2 aromatic carbocycles. The lowest BCUT2D eigenvalue weighted by Crippen LogP contribution is -2.07. The van der Waals surface area contributed by atoms with E-state index in [4.69, 9.17) is 9.47 Å². The Labute approximate surface area is 201 Å². The SMILES string of the molecule is CCC(C)COc1ccc(C2=NC(O)c3c(-c4ccc(OCC(C)CC)cc4)[nH]c(O)c32)cc1. The molecule has 6 heteroatoms. The van der Waals surface area contributed by atoms with E-state index < -0.39 is 6.23 Å². The van der Waals surface area contributed by atoms with Crippen molar-refractivity contribution in [2.75, 3.05) is 13.2 Å². The van der Waals surface area contributed by atoms with Crippen LogP contribution in [0.4, 0.5) is 0 Å². The van der Waals surface area contributed by atoms with Gasteiger partial charge in [-0.1, -0.05) is 40.5 Å². The van der Waals surface area contributed by atoms with Crippen molar-refractivity contribution in [2.45, 2.75) is 46.8 Å². The van der Waals surface area contributed by atoms with Crippen LogP contribution >= 0.6 is 0 Å². The van der Waals surface area contributed by atoms with Gasteiger partial charge in [0, 0.05) is 11.1 Å². The summed E-state index contributed by atoms with van der Waals surface area (Å²) in [4.78, 5) is 7.49. The first-order valence-corrected chi connectivity index (χ1v) is 12.1. The zero-order valence-electron chi connectivity index (χ0n) is 20.3. The average Bonchev–Trinajstić information content (AvgIpc) is 3.39. The van der Waals surface area contributed by atoms with Crippen molar-refractivity contribution in [1.82, 2.24) is 4.98 Å². The van der Waals surface area contributed by atoms with Gasteiger partial charge in [-0.2, -0.15) is 0 Å². The molecule has 0 amide bonds. The Morgan fingerprint density at radius 1 is 0.853 bits per heavy atom. The predicted molar refractivity (Wildman–Crippen MR) is 135 cm³/mol. The van der Waals surface area contributed by atoms with E-state index >= 15 is 0 Å². The number of hydrogen-bond donors (Lipinski definition) is 3. The van der Waals surface area contributed by atoms with Crippen LogP contribution in [0, 0.1) is 11.8 Å². The summed E-state index contributed by atoms with van der Waals surface area (Å²) >= 11 is 0. The van der Waals surface area contributed by atoms with E-state index in [2.05, 4.69) is 37.7 Å². The van der Waals surface area contributed by atoms with Gasteiger partial charge in [0.2, 0.25) is 0 Å². The number of H-pyrrole nitrogens is 1. The normalized spacial score (nSPS) is 16.6. The Kier molecular flexibility index (Phi) is 7.27. The minimum atomic E-state index is -1.06. The molecule has 4 rings (SSSR count). The van der Waals surface area contributed by atoms with Crippen molar-refractivity contribution in [1.29, 1.82) is 0 Å². The van der Waals surface area contributed by atoms with Crippen LogP contribution in [-0.4, -0.2) is 34.1 Å². The largest absolute Gasteiger partial charge is 0.494 e. The molecule has 0 aliphatic carbocycles. The number of aliphatic hydroxyl groups is 1. The van der Waals surface area contributed by atoms with Crippen LogP contribution in [-0.2, 0) is 0 Å². The predicted octanol–water partition coefficient (Wildman–Crippen LogP) is 6.08. The van der Waals surface area contributed by atoms with Gasteiger partial charge in [-0.25, -0.2) is 4.99 Å². The molecule has 0 fully saturated rings. The molecule has 2 heterocycles. The molecule has 6 nitrogen and oxygen atoms in total. The fraction of sp³-hybridized carbons (Fsp3) is 0.393. The van der Waals surface area contributed by atoms with Gasteiger partial charge in [0.15, 0.2) is 12.1 Å². The standard InChI is InChI=1S/C28H34N2O4/c1-5-17(3)15-33-21-11-7-19(8-12-21)25-23-24(28(32)29-25)26(30-27(23)31)20-9-13-22(14-10-20)34-16-18(4)6-2/h7-14,17-18,27,29,31-32H,5-6,15-16H2,1-4H3. The number of hydrogen-bond acceptors (Lipinski definition) is 5. The number of nitrogens with one attached hydrogen (secondary N) is 1. The maximum absolute atomic E-state index is 10.8. The lowest BCUT2D eigenvalue weighted by Gasteiger charge is -2.11. The van der Waals surface area contributed by atoms with Gasteiger partial charge in [-0.15, -0.1) is 0 Å². The zero-order chi connectivity index (χ0) is 24.2. The van der Waals surface area contributed by atoms with Gasteiger partial charge in [0.1, 0.15) is 11.5 Å². The van der Waals surface area contributed by atoms with Crippen molar-refractivity contribution in [3.8, 4) is 28.6 Å². The lowest BCUT2D eigenvalue weighted by atomic mass is 10.00. The first-order valence-electron chi connectivity index (χ1n) is 12.1. The summed E-state index contributed by atoms with van der Waals surface area (Å²) in [6, 6.07) is 15.3. The highest BCUT2D eigenvalue weighted by atomic mass is 16.5. The van der Waals surface area contributed by atoms with Crippen LogP contribution < -0.4 is 9.47 Å². The second-order valence-corrected chi connectivity index (χ2v) is 9.19. The number of ether oxygens (including phenoxy) is 2. The summed E-state index contributed by atoms with van der Waals surface area (Å²) in [5, 5.41) is 21.5. The van der Waals surface area contributed by atoms with E-state index in [1.807, 2.05) is 48.5 Å². The molecule has 3 N–H and O–H groups in total. The van der Waals surface area contributed by atoms with E-state index in [9.17, 15) is 10.2 Å². The van der Waals surface area contributed by atoms with Crippen LogP contribution in [0.3, 0.4) is 0 Å². The number of aliphatic imine (C=N–C) groups is 1. The molecule has 0 radical (unpaired) electrons. The Bertz CT molecular complexity index is 1130. The van der Waals surface area contributed by atoms with E-state index in [0.29, 0.717) is 47.6 Å². The maximum atomic E-state index is 10.8.